The molecule has 9 aromatic carbocycles. The third-order valence-corrected chi connectivity index (χ3v) is 11.5. The van der Waals surface area contributed by atoms with Crippen LogP contribution in [0, 0.1) is 0 Å². The van der Waals surface area contributed by atoms with Crippen LogP contribution in [0.2, 0.25) is 0 Å². The summed E-state index contributed by atoms with van der Waals surface area (Å²) in [4.78, 5) is 2.45. The van der Waals surface area contributed by atoms with Crippen molar-refractivity contribution in [3.05, 3.63) is 200 Å². The van der Waals surface area contributed by atoms with Gasteiger partial charge in [-0.15, -0.1) is 11.3 Å². The van der Waals surface area contributed by atoms with Crippen LogP contribution in [0.15, 0.2) is 200 Å². The number of hydrogen-bond acceptors (Lipinski definition) is 2. The molecule has 10 rings (SSSR count). The Balaban J connectivity index is 1.22. The molecule has 2 heteroatoms. The van der Waals surface area contributed by atoms with Gasteiger partial charge in [0, 0.05) is 31.5 Å². The molecule has 1 aromatic heterocycles. The molecular formula is C50H33NS. The van der Waals surface area contributed by atoms with Crippen LogP contribution in [0.3, 0.4) is 0 Å². The van der Waals surface area contributed by atoms with Gasteiger partial charge in [-0.3, -0.25) is 0 Å². The summed E-state index contributed by atoms with van der Waals surface area (Å²) in [5.74, 6) is 0. The first-order valence-corrected chi connectivity index (χ1v) is 18.6. The highest BCUT2D eigenvalue weighted by molar-refractivity contribution is 7.27. The summed E-state index contributed by atoms with van der Waals surface area (Å²) in [6.45, 7) is 0. The van der Waals surface area contributed by atoms with Crippen molar-refractivity contribution < 1.29 is 0 Å². The predicted molar refractivity (Wildman–Crippen MR) is 225 cm³/mol. The van der Waals surface area contributed by atoms with E-state index in [4.69, 9.17) is 0 Å². The van der Waals surface area contributed by atoms with Crippen molar-refractivity contribution in [2.45, 2.75) is 0 Å². The third-order valence-electron chi connectivity index (χ3n) is 10.3. The summed E-state index contributed by atoms with van der Waals surface area (Å²) in [6, 6.07) is 72.9. The van der Waals surface area contributed by atoms with Crippen LogP contribution in [0.4, 0.5) is 17.1 Å². The highest BCUT2D eigenvalue weighted by Crippen LogP contribution is 2.50. The molecule has 0 aliphatic rings. The SMILES string of the molecule is c1ccc(-c2ccc(-c3ccc(N(c4ccc(-c5ccccc5)cc4)c4ccc5ccccc5c4)c4c3sc3c5ccccc5ccc34)cc2)cc1. The Hall–Kier alpha value is -6.48. The van der Waals surface area contributed by atoms with E-state index in [2.05, 4.69) is 205 Å². The van der Waals surface area contributed by atoms with Crippen molar-refractivity contribution in [3.63, 3.8) is 0 Å². The molecule has 1 heterocycles. The van der Waals surface area contributed by atoms with Gasteiger partial charge in [0.05, 0.1) is 5.69 Å². The molecule has 0 aliphatic carbocycles. The smallest absolute Gasteiger partial charge is 0.0555 e. The van der Waals surface area contributed by atoms with E-state index < -0.39 is 0 Å². The minimum atomic E-state index is 1.12. The van der Waals surface area contributed by atoms with Gasteiger partial charge in [-0.05, 0) is 85.3 Å². The van der Waals surface area contributed by atoms with Crippen LogP contribution < -0.4 is 4.90 Å². The third kappa shape index (κ3) is 5.24. The molecule has 1 nitrogen and oxygen atoms in total. The van der Waals surface area contributed by atoms with Crippen molar-refractivity contribution in [3.8, 4) is 33.4 Å². The predicted octanol–water partition coefficient (Wildman–Crippen LogP) is 14.8. The Morgan fingerprint density at radius 1 is 0.327 bits per heavy atom. The molecule has 0 saturated heterocycles. The van der Waals surface area contributed by atoms with Gasteiger partial charge < -0.3 is 4.90 Å². The highest BCUT2D eigenvalue weighted by atomic mass is 32.1. The molecule has 0 amide bonds. The second-order valence-corrected chi connectivity index (χ2v) is 14.3. The molecule has 0 atom stereocenters. The number of rotatable bonds is 6. The van der Waals surface area contributed by atoms with Gasteiger partial charge in [-0.2, -0.15) is 0 Å². The summed E-state index contributed by atoms with van der Waals surface area (Å²) in [5.41, 5.74) is 10.8. The lowest BCUT2D eigenvalue weighted by Crippen LogP contribution is -2.10. The zero-order chi connectivity index (χ0) is 34.4. The van der Waals surface area contributed by atoms with Crippen LogP contribution >= 0.6 is 11.3 Å². The van der Waals surface area contributed by atoms with E-state index >= 15 is 0 Å². The molecule has 0 radical (unpaired) electrons. The lowest BCUT2D eigenvalue weighted by molar-refractivity contribution is 1.31. The summed E-state index contributed by atoms with van der Waals surface area (Å²) < 4.78 is 2.61. The molecular weight excluding hydrogens is 647 g/mol. The topological polar surface area (TPSA) is 3.24 Å². The largest absolute Gasteiger partial charge is 0.310 e. The molecule has 0 unspecified atom stereocenters. The van der Waals surface area contributed by atoms with Gasteiger partial charge in [-0.25, -0.2) is 0 Å². The van der Waals surface area contributed by atoms with Crippen molar-refractivity contribution in [1.82, 2.24) is 0 Å². The second-order valence-electron chi connectivity index (χ2n) is 13.3. The van der Waals surface area contributed by atoms with Crippen molar-refractivity contribution in [2.24, 2.45) is 0 Å². The number of nitrogens with zero attached hydrogens (tertiary/aromatic N) is 1. The Morgan fingerprint density at radius 3 is 1.58 bits per heavy atom. The van der Waals surface area contributed by atoms with Crippen molar-refractivity contribution >= 4 is 70.1 Å². The molecule has 0 fully saturated rings. The number of thiophene rings is 1. The average Bonchev–Trinajstić information content (AvgIpc) is 3.63. The van der Waals surface area contributed by atoms with Gasteiger partial charge >= 0.3 is 0 Å². The first-order valence-electron chi connectivity index (χ1n) is 17.8. The first kappa shape index (κ1) is 30.4. The number of anilines is 3. The summed E-state index contributed by atoms with van der Waals surface area (Å²) >= 11 is 1.91. The number of benzene rings is 9. The normalized spacial score (nSPS) is 11.5. The average molecular weight is 680 g/mol. The summed E-state index contributed by atoms with van der Waals surface area (Å²) in [7, 11) is 0. The van der Waals surface area contributed by atoms with Gasteiger partial charge in [-0.1, -0.05) is 170 Å². The van der Waals surface area contributed by atoms with Gasteiger partial charge in [0.1, 0.15) is 0 Å². The van der Waals surface area contributed by atoms with E-state index in [9.17, 15) is 0 Å². The fourth-order valence-corrected chi connectivity index (χ4v) is 9.05. The summed E-state index contributed by atoms with van der Waals surface area (Å²) in [6.07, 6.45) is 0. The summed E-state index contributed by atoms with van der Waals surface area (Å²) in [5, 5.41) is 7.57. The Kier molecular flexibility index (Phi) is 7.41. The monoisotopic (exact) mass is 679 g/mol. The van der Waals surface area contributed by atoms with Crippen molar-refractivity contribution in [1.29, 1.82) is 0 Å². The fraction of sp³-hybridized carbons (Fsp3) is 0. The zero-order valence-electron chi connectivity index (χ0n) is 28.4. The van der Waals surface area contributed by atoms with Crippen LogP contribution in [-0.2, 0) is 0 Å². The van der Waals surface area contributed by atoms with E-state index in [1.54, 1.807) is 0 Å². The maximum atomic E-state index is 2.45. The maximum Gasteiger partial charge on any atom is 0.0555 e. The zero-order valence-corrected chi connectivity index (χ0v) is 29.2. The molecule has 10 aromatic rings. The molecule has 0 aliphatic heterocycles. The van der Waals surface area contributed by atoms with Crippen molar-refractivity contribution in [2.75, 3.05) is 4.90 Å². The first-order chi connectivity index (χ1) is 25.8. The van der Waals surface area contributed by atoms with E-state index in [1.807, 2.05) is 11.3 Å². The Labute approximate surface area is 307 Å². The molecule has 52 heavy (non-hydrogen) atoms. The fourth-order valence-electron chi connectivity index (χ4n) is 7.65. The van der Waals surface area contributed by atoms with Crippen LogP contribution in [0.5, 0.6) is 0 Å². The van der Waals surface area contributed by atoms with E-state index in [1.165, 1.54) is 80.8 Å². The van der Waals surface area contributed by atoms with E-state index in [0.29, 0.717) is 0 Å². The molecule has 0 saturated carbocycles. The van der Waals surface area contributed by atoms with E-state index in [-0.39, 0.29) is 0 Å². The highest BCUT2D eigenvalue weighted by Gasteiger charge is 2.22. The molecule has 0 N–H and O–H groups in total. The Bertz CT molecular complexity index is 2870. The van der Waals surface area contributed by atoms with Crippen LogP contribution in [-0.4, -0.2) is 0 Å². The van der Waals surface area contributed by atoms with Crippen LogP contribution in [0.25, 0.3) is 75.1 Å². The van der Waals surface area contributed by atoms with Gasteiger partial charge in [0.2, 0.25) is 0 Å². The number of hydrogen-bond donors (Lipinski definition) is 0. The van der Waals surface area contributed by atoms with E-state index in [0.717, 1.165) is 11.4 Å². The van der Waals surface area contributed by atoms with Crippen LogP contribution in [0.1, 0.15) is 0 Å². The molecule has 0 bridgehead atoms. The molecule has 244 valence electrons. The minimum absolute atomic E-state index is 1.12. The standard InChI is InChI=1S/C50H33NS/c1-3-11-34(12-4-1)37-19-21-40(22-20-37)45-31-32-47(48-46-30-26-39-16-9-10-18-44(39)49(46)52-50(45)48)51(43-29-25-36-15-7-8-17-41(36)33-43)42-27-23-38(24-28-42)35-13-5-2-6-14-35/h1-33H. The maximum absolute atomic E-state index is 2.45. The Morgan fingerprint density at radius 2 is 0.865 bits per heavy atom. The van der Waals surface area contributed by atoms with Gasteiger partial charge in [0.15, 0.2) is 0 Å². The number of fused-ring (bicyclic) bond motifs is 6. The lowest BCUT2D eigenvalue weighted by Gasteiger charge is -2.27. The lowest BCUT2D eigenvalue weighted by atomic mass is 9.97. The molecule has 0 spiro atoms. The minimum Gasteiger partial charge on any atom is -0.310 e. The second kappa shape index (κ2) is 12.7. The van der Waals surface area contributed by atoms with Gasteiger partial charge in [0.25, 0.3) is 0 Å². The quantitative estimate of drug-likeness (QED) is 0.169.